The third-order valence-electron chi connectivity index (χ3n) is 3.13. The van der Waals surface area contributed by atoms with E-state index in [9.17, 15) is 5.11 Å². The van der Waals surface area contributed by atoms with Crippen molar-refractivity contribution in [1.29, 1.82) is 0 Å². The average molecular weight is 222 g/mol. The molecule has 0 radical (unpaired) electrons. The van der Waals surface area contributed by atoms with Gasteiger partial charge < -0.3 is 14.6 Å². The van der Waals surface area contributed by atoms with Crippen molar-refractivity contribution in [3.63, 3.8) is 0 Å². The lowest BCUT2D eigenvalue weighted by molar-refractivity contribution is -0.0405. The maximum absolute atomic E-state index is 9.40. The van der Waals surface area contributed by atoms with Crippen LogP contribution in [0.5, 0.6) is 5.75 Å². The van der Waals surface area contributed by atoms with E-state index in [2.05, 4.69) is 0 Å². The van der Waals surface area contributed by atoms with Gasteiger partial charge in [0, 0.05) is 18.4 Å². The monoisotopic (exact) mass is 222 g/mol. The zero-order chi connectivity index (χ0) is 11.4. The number of hydrogen-bond acceptors (Lipinski definition) is 3. The first-order valence-corrected chi connectivity index (χ1v) is 5.66. The van der Waals surface area contributed by atoms with Crippen LogP contribution in [0.15, 0.2) is 24.3 Å². The molecule has 0 aromatic heterocycles. The van der Waals surface area contributed by atoms with Gasteiger partial charge in [-0.15, -0.1) is 0 Å². The van der Waals surface area contributed by atoms with Gasteiger partial charge in [-0.1, -0.05) is 12.1 Å². The number of hydrogen-bond donors (Lipinski definition) is 1. The summed E-state index contributed by atoms with van der Waals surface area (Å²) in [5.41, 5.74) is 1.18. The van der Waals surface area contributed by atoms with E-state index in [0.717, 1.165) is 25.4 Å². The first-order chi connectivity index (χ1) is 7.83. The zero-order valence-corrected chi connectivity index (χ0v) is 9.56. The molecule has 1 aliphatic rings. The standard InChI is InChI=1S/C13H18O3/c1-15-13-4-2-11(3-5-13)12(7-14)6-10-8-16-9-10/h2-5,10,12,14H,6-9H2,1H3. The van der Waals surface area contributed by atoms with E-state index in [1.165, 1.54) is 5.56 Å². The van der Waals surface area contributed by atoms with E-state index in [-0.39, 0.29) is 12.5 Å². The predicted octanol–water partition coefficient (Wildman–Crippen LogP) is 1.81. The molecule has 88 valence electrons. The summed E-state index contributed by atoms with van der Waals surface area (Å²) in [6.07, 6.45) is 1.00. The molecular formula is C13H18O3. The van der Waals surface area contributed by atoms with Gasteiger partial charge in [0.05, 0.1) is 20.3 Å². The summed E-state index contributed by atoms with van der Waals surface area (Å²) in [5.74, 6) is 1.69. The Morgan fingerprint density at radius 2 is 2.06 bits per heavy atom. The third kappa shape index (κ3) is 2.54. The van der Waals surface area contributed by atoms with E-state index in [0.29, 0.717) is 5.92 Å². The first kappa shape index (κ1) is 11.4. The van der Waals surface area contributed by atoms with E-state index < -0.39 is 0 Å². The summed E-state index contributed by atoms with van der Waals surface area (Å²) in [6.45, 7) is 1.88. The number of aliphatic hydroxyl groups excluding tert-OH is 1. The lowest BCUT2D eigenvalue weighted by atomic mass is 9.88. The SMILES string of the molecule is COc1ccc(C(CO)CC2COC2)cc1. The lowest BCUT2D eigenvalue weighted by Gasteiger charge is -2.29. The highest BCUT2D eigenvalue weighted by Crippen LogP contribution is 2.28. The van der Waals surface area contributed by atoms with Gasteiger partial charge in [-0.2, -0.15) is 0 Å². The van der Waals surface area contributed by atoms with Gasteiger partial charge in [0.2, 0.25) is 0 Å². The van der Waals surface area contributed by atoms with Gasteiger partial charge >= 0.3 is 0 Å². The molecule has 2 rings (SSSR count). The van der Waals surface area contributed by atoms with Crippen molar-refractivity contribution in [3.8, 4) is 5.75 Å². The molecule has 1 saturated heterocycles. The van der Waals surface area contributed by atoms with Gasteiger partial charge in [-0.25, -0.2) is 0 Å². The molecule has 1 aromatic rings. The second-order valence-electron chi connectivity index (χ2n) is 4.29. The van der Waals surface area contributed by atoms with E-state index in [1.807, 2.05) is 24.3 Å². The minimum Gasteiger partial charge on any atom is -0.497 e. The predicted molar refractivity (Wildman–Crippen MR) is 61.7 cm³/mol. The molecule has 1 aromatic carbocycles. The van der Waals surface area contributed by atoms with Crippen LogP contribution in [0.25, 0.3) is 0 Å². The van der Waals surface area contributed by atoms with Gasteiger partial charge in [0.1, 0.15) is 5.75 Å². The van der Waals surface area contributed by atoms with Crippen molar-refractivity contribution in [2.75, 3.05) is 26.9 Å². The fourth-order valence-corrected chi connectivity index (χ4v) is 2.02. The first-order valence-electron chi connectivity index (χ1n) is 5.66. The molecule has 0 bridgehead atoms. The molecule has 1 atom stereocenters. The van der Waals surface area contributed by atoms with Crippen LogP contribution in [0.2, 0.25) is 0 Å². The molecule has 1 N–H and O–H groups in total. The van der Waals surface area contributed by atoms with Crippen molar-refractivity contribution >= 4 is 0 Å². The van der Waals surface area contributed by atoms with Crippen molar-refractivity contribution in [2.45, 2.75) is 12.3 Å². The molecule has 0 aliphatic carbocycles. The fraction of sp³-hybridized carbons (Fsp3) is 0.538. The van der Waals surface area contributed by atoms with E-state index in [4.69, 9.17) is 9.47 Å². The third-order valence-corrected chi connectivity index (χ3v) is 3.13. The summed E-state index contributed by atoms with van der Waals surface area (Å²) in [5, 5.41) is 9.40. The minimum atomic E-state index is 0.197. The minimum absolute atomic E-state index is 0.197. The smallest absolute Gasteiger partial charge is 0.118 e. The number of ether oxygens (including phenoxy) is 2. The quantitative estimate of drug-likeness (QED) is 0.825. The van der Waals surface area contributed by atoms with Crippen molar-refractivity contribution in [1.82, 2.24) is 0 Å². The molecule has 3 heteroatoms. The summed E-state index contributed by atoms with van der Waals surface area (Å²) in [7, 11) is 1.66. The summed E-state index contributed by atoms with van der Waals surface area (Å²) < 4.78 is 10.3. The second kappa shape index (κ2) is 5.32. The largest absolute Gasteiger partial charge is 0.497 e. The molecule has 1 unspecified atom stereocenters. The van der Waals surface area contributed by atoms with Crippen LogP contribution in [0.1, 0.15) is 17.9 Å². The van der Waals surface area contributed by atoms with Gasteiger partial charge in [0.25, 0.3) is 0 Å². The molecule has 0 spiro atoms. The Bertz CT molecular complexity index is 316. The highest BCUT2D eigenvalue weighted by atomic mass is 16.5. The van der Waals surface area contributed by atoms with Crippen LogP contribution in [-0.2, 0) is 4.74 Å². The molecule has 0 saturated carbocycles. The van der Waals surface area contributed by atoms with E-state index in [1.54, 1.807) is 7.11 Å². The Morgan fingerprint density at radius 1 is 1.38 bits per heavy atom. The van der Waals surface area contributed by atoms with Crippen LogP contribution in [0, 0.1) is 5.92 Å². The summed E-state index contributed by atoms with van der Waals surface area (Å²) >= 11 is 0. The lowest BCUT2D eigenvalue weighted by Crippen LogP contribution is -2.29. The van der Waals surface area contributed by atoms with Crippen molar-refractivity contribution in [3.05, 3.63) is 29.8 Å². The maximum Gasteiger partial charge on any atom is 0.118 e. The summed E-state index contributed by atoms with van der Waals surface area (Å²) in [4.78, 5) is 0. The Balaban J connectivity index is 2.00. The van der Waals surface area contributed by atoms with Crippen LogP contribution in [-0.4, -0.2) is 32.0 Å². The van der Waals surface area contributed by atoms with Gasteiger partial charge in [-0.05, 0) is 24.1 Å². The van der Waals surface area contributed by atoms with Crippen LogP contribution < -0.4 is 4.74 Å². The molecule has 16 heavy (non-hydrogen) atoms. The molecule has 0 amide bonds. The second-order valence-corrected chi connectivity index (χ2v) is 4.29. The number of rotatable bonds is 5. The topological polar surface area (TPSA) is 38.7 Å². The molecule has 3 nitrogen and oxygen atoms in total. The molecular weight excluding hydrogens is 204 g/mol. The molecule has 1 heterocycles. The molecule has 1 aliphatic heterocycles. The highest BCUT2D eigenvalue weighted by Gasteiger charge is 2.23. The number of methoxy groups -OCH3 is 1. The van der Waals surface area contributed by atoms with E-state index >= 15 is 0 Å². The van der Waals surface area contributed by atoms with Crippen molar-refractivity contribution < 1.29 is 14.6 Å². The van der Waals surface area contributed by atoms with Crippen molar-refractivity contribution in [2.24, 2.45) is 5.92 Å². The average Bonchev–Trinajstić information content (AvgIpc) is 2.28. The fourth-order valence-electron chi connectivity index (χ4n) is 2.02. The Hall–Kier alpha value is -1.06. The summed E-state index contributed by atoms with van der Waals surface area (Å²) in [6, 6.07) is 7.93. The van der Waals surface area contributed by atoms with Crippen LogP contribution in [0.3, 0.4) is 0 Å². The number of aliphatic hydroxyl groups is 1. The highest BCUT2D eigenvalue weighted by molar-refractivity contribution is 5.29. The van der Waals surface area contributed by atoms with Gasteiger partial charge in [-0.3, -0.25) is 0 Å². The Morgan fingerprint density at radius 3 is 2.50 bits per heavy atom. The van der Waals surface area contributed by atoms with Crippen LogP contribution in [0.4, 0.5) is 0 Å². The van der Waals surface area contributed by atoms with Crippen LogP contribution >= 0.6 is 0 Å². The molecule has 1 fully saturated rings. The normalized spacial score (nSPS) is 17.9. The Kier molecular flexibility index (Phi) is 3.80. The number of benzene rings is 1. The zero-order valence-electron chi connectivity index (χ0n) is 9.56. The maximum atomic E-state index is 9.40. The van der Waals surface area contributed by atoms with Gasteiger partial charge in [0.15, 0.2) is 0 Å². The Labute approximate surface area is 96.0 Å².